The SMILES string of the molecule is COc1ccc(C2COCC(C)(C)N2C(=O)NCC(F)(F)F)cc1. The van der Waals surface area contributed by atoms with E-state index in [9.17, 15) is 18.0 Å². The maximum Gasteiger partial charge on any atom is 0.405 e. The Bertz CT molecular complexity index is 573. The monoisotopic (exact) mass is 346 g/mol. The smallest absolute Gasteiger partial charge is 0.405 e. The lowest BCUT2D eigenvalue weighted by atomic mass is 9.95. The van der Waals surface area contributed by atoms with Gasteiger partial charge in [0.1, 0.15) is 12.3 Å². The summed E-state index contributed by atoms with van der Waals surface area (Å²) in [6, 6.07) is 5.79. The van der Waals surface area contributed by atoms with E-state index in [1.165, 1.54) is 4.90 Å². The van der Waals surface area contributed by atoms with Crippen LogP contribution in [0.5, 0.6) is 5.75 Å². The number of rotatable bonds is 3. The van der Waals surface area contributed by atoms with Crippen molar-refractivity contribution in [2.24, 2.45) is 0 Å². The zero-order chi connectivity index (χ0) is 18.0. The largest absolute Gasteiger partial charge is 0.497 e. The Labute approximate surface area is 138 Å². The fraction of sp³-hybridized carbons (Fsp3) is 0.562. The summed E-state index contributed by atoms with van der Waals surface area (Å²) in [6.07, 6.45) is -4.46. The highest BCUT2D eigenvalue weighted by Crippen LogP contribution is 2.34. The van der Waals surface area contributed by atoms with Gasteiger partial charge in [0, 0.05) is 0 Å². The van der Waals surface area contributed by atoms with E-state index >= 15 is 0 Å². The summed E-state index contributed by atoms with van der Waals surface area (Å²) in [7, 11) is 1.54. The average Bonchev–Trinajstić information content (AvgIpc) is 2.51. The maximum atomic E-state index is 12.4. The molecule has 0 bridgehead atoms. The summed E-state index contributed by atoms with van der Waals surface area (Å²) >= 11 is 0. The summed E-state index contributed by atoms with van der Waals surface area (Å²) in [5.74, 6) is 0.655. The fourth-order valence-corrected chi connectivity index (χ4v) is 2.74. The first-order chi connectivity index (χ1) is 11.1. The predicted octanol–water partition coefficient (Wildman–Crippen LogP) is 3.12. The zero-order valence-electron chi connectivity index (χ0n) is 13.8. The Hall–Kier alpha value is -1.96. The summed E-state index contributed by atoms with van der Waals surface area (Å²) in [4.78, 5) is 13.8. The topological polar surface area (TPSA) is 50.8 Å². The van der Waals surface area contributed by atoms with Crippen LogP contribution in [-0.4, -0.2) is 49.5 Å². The number of nitrogens with one attached hydrogen (secondary N) is 1. The first kappa shape index (κ1) is 18.4. The van der Waals surface area contributed by atoms with Crippen LogP contribution in [0.2, 0.25) is 0 Å². The first-order valence-corrected chi connectivity index (χ1v) is 7.50. The number of morpholine rings is 1. The Morgan fingerprint density at radius 3 is 2.54 bits per heavy atom. The van der Waals surface area contributed by atoms with Gasteiger partial charge in [-0.2, -0.15) is 13.2 Å². The Balaban J connectivity index is 2.24. The minimum atomic E-state index is -4.46. The number of amides is 2. The highest BCUT2D eigenvalue weighted by molar-refractivity contribution is 5.76. The van der Waals surface area contributed by atoms with Gasteiger partial charge in [0.05, 0.1) is 31.9 Å². The molecule has 1 fully saturated rings. The van der Waals surface area contributed by atoms with Crippen molar-refractivity contribution in [1.82, 2.24) is 10.2 Å². The van der Waals surface area contributed by atoms with Crippen LogP contribution in [0, 0.1) is 0 Å². The van der Waals surface area contributed by atoms with E-state index < -0.39 is 30.3 Å². The Morgan fingerprint density at radius 2 is 2.00 bits per heavy atom. The molecule has 2 amide bonds. The Morgan fingerprint density at radius 1 is 1.38 bits per heavy atom. The van der Waals surface area contributed by atoms with Gasteiger partial charge in [0.25, 0.3) is 0 Å². The van der Waals surface area contributed by atoms with Crippen molar-refractivity contribution in [1.29, 1.82) is 0 Å². The molecule has 2 rings (SSSR count). The van der Waals surface area contributed by atoms with Crippen molar-refractivity contribution in [2.45, 2.75) is 31.6 Å². The lowest BCUT2D eigenvalue weighted by Crippen LogP contribution is -2.60. The fourth-order valence-electron chi connectivity index (χ4n) is 2.74. The standard InChI is InChI=1S/C16H21F3N2O3/c1-15(2)10-24-8-13(11-4-6-12(23-3)7-5-11)21(15)14(22)20-9-16(17,18)19/h4-7,13H,8-10H2,1-3H3,(H,20,22). The van der Waals surface area contributed by atoms with Crippen molar-refractivity contribution in [3.8, 4) is 5.75 Å². The molecule has 1 aliphatic rings. The van der Waals surface area contributed by atoms with Crippen LogP contribution in [0.25, 0.3) is 0 Å². The average molecular weight is 346 g/mol. The number of hydrogen-bond donors (Lipinski definition) is 1. The number of carbonyl (C=O) groups is 1. The van der Waals surface area contributed by atoms with Crippen molar-refractivity contribution >= 4 is 6.03 Å². The molecule has 5 nitrogen and oxygen atoms in total. The number of hydrogen-bond acceptors (Lipinski definition) is 3. The van der Waals surface area contributed by atoms with Gasteiger partial charge in [0.15, 0.2) is 0 Å². The van der Waals surface area contributed by atoms with Crippen LogP contribution < -0.4 is 10.1 Å². The van der Waals surface area contributed by atoms with E-state index in [2.05, 4.69) is 0 Å². The van der Waals surface area contributed by atoms with Gasteiger partial charge in [-0.25, -0.2) is 4.79 Å². The minimum absolute atomic E-state index is 0.217. The summed E-state index contributed by atoms with van der Waals surface area (Å²) in [6.45, 7) is 2.62. The molecule has 0 spiro atoms. The van der Waals surface area contributed by atoms with Crippen molar-refractivity contribution in [3.63, 3.8) is 0 Å². The van der Waals surface area contributed by atoms with Crippen LogP contribution in [0.1, 0.15) is 25.5 Å². The first-order valence-electron chi connectivity index (χ1n) is 7.50. The lowest BCUT2D eigenvalue weighted by molar-refractivity contribution is -0.125. The van der Waals surface area contributed by atoms with E-state index in [4.69, 9.17) is 9.47 Å². The summed E-state index contributed by atoms with van der Waals surface area (Å²) < 4.78 is 47.9. The van der Waals surface area contributed by atoms with Gasteiger partial charge < -0.3 is 19.7 Å². The molecule has 1 saturated heterocycles. The van der Waals surface area contributed by atoms with E-state index in [-0.39, 0.29) is 13.2 Å². The van der Waals surface area contributed by atoms with Crippen molar-refractivity contribution < 1.29 is 27.4 Å². The van der Waals surface area contributed by atoms with Crippen LogP contribution >= 0.6 is 0 Å². The molecule has 0 radical (unpaired) electrons. The molecule has 8 heteroatoms. The highest BCUT2D eigenvalue weighted by Gasteiger charge is 2.42. The summed E-state index contributed by atoms with van der Waals surface area (Å²) in [5.41, 5.74) is 0.0316. The number of alkyl halides is 3. The second-order valence-electron chi connectivity index (χ2n) is 6.26. The molecule has 0 aliphatic carbocycles. The van der Waals surface area contributed by atoms with Gasteiger partial charge >= 0.3 is 12.2 Å². The van der Waals surface area contributed by atoms with Crippen LogP contribution in [0.3, 0.4) is 0 Å². The molecule has 24 heavy (non-hydrogen) atoms. The van der Waals surface area contributed by atoms with E-state index in [0.29, 0.717) is 5.75 Å². The zero-order valence-corrected chi connectivity index (χ0v) is 13.8. The third-order valence-electron chi connectivity index (χ3n) is 3.85. The molecule has 1 aromatic rings. The maximum absolute atomic E-state index is 12.4. The molecule has 134 valence electrons. The summed E-state index contributed by atoms with van der Waals surface area (Å²) in [5, 5.41) is 1.95. The van der Waals surface area contributed by atoms with E-state index in [0.717, 1.165) is 5.56 Å². The Kier molecular flexibility index (Phi) is 5.27. The second kappa shape index (κ2) is 6.88. The molecule has 0 saturated carbocycles. The number of carbonyl (C=O) groups excluding carboxylic acids is 1. The van der Waals surface area contributed by atoms with Gasteiger partial charge in [-0.05, 0) is 31.5 Å². The number of urea groups is 1. The molecular weight excluding hydrogens is 325 g/mol. The number of benzene rings is 1. The number of ether oxygens (including phenoxy) is 2. The quantitative estimate of drug-likeness (QED) is 0.915. The third kappa shape index (κ3) is 4.31. The molecule has 1 N–H and O–H groups in total. The number of methoxy groups -OCH3 is 1. The lowest BCUT2D eigenvalue weighted by Gasteiger charge is -2.47. The highest BCUT2D eigenvalue weighted by atomic mass is 19.4. The third-order valence-corrected chi connectivity index (χ3v) is 3.85. The molecule has 1 heterocycles. The molecular formula is C16H21F3N2O3. The van der Waals surface area contributed by atoms with Gasteiger partial charge in [-0.3, -0.25) is 0 Å². The number of nitrogens with zero attached hydrogens (tertiary/aromatic N) is 1. The predicted molar refractivity (Wildman–Crippen MR) is 81.9 cm³/mol. The van der Waals surface area contributed by atoms with Crippen molar-refractivity contribution in [3.05, 3.63) is 29.8 Å². The van der Waals surface area contributed by atoms with E-state index in [1.807, 2.05) is 5.32 Å². The molecule has 1 unspecified atom stereocenters. The van der Waals surface area contributed by atoms with Crippen LogP contribution in [-0.2, 0) is 4.74 Å². The number of halogens is 3. The van der Waals surface area contributed by atoms with Crippen LogP contribution in [0.4, 0.5) is 18.0 Å². The molecule has 1 atom stereocenters. The molecule has 1 aliphatic heterocycles. The van der Waals surface area contributed by atoms with Crippen LogP contribution in [0.15, 0.2) is 24.3 Å². The molecule has 1 aromatic carbocycles. The van der Waals surface area contributed by atoms with E-state index in [1.54, 1.807) is 45.2 Å². The minimum Gasteiger partial charge on any atom is -0.497 e. The molecule has 0 aromatic heterocycles. The van der Waals surface area contributed by atoms with Gasteiger partial charge in [0.2, 0.25) is 0 Å². The van der Waals surface area contributed by atoms with Gasteiger partial charge in [-0.1, -0.05) is 12.1 Å². The van der Waals surface area contributed by atoms with Gasteiger partial charge in [-0.15, -0.1) is 0 Å². The second-order valence-corrected chi connectivity index (χ2v) is 6.26. The van der Waals surface area contributed by atoms with Crippen molar-refractivity contribution in [2.75, 3.05) is 26.9 Å². The normalized spacial score (nSPS) is 20.6.